The van der Waals surface area contributed by atoms with Crippen molar-refractivity contribution in [2.45, 2.75) is 13.5 Å². The molecule has 158 valence electrons. The molecule has 1 amide bonds. The second-order valence-corrected chi connectivity index (χ2v) is 8.05. The van der Waals surface area contributed by atoms with Crippen molar-refractivity contribution in [1.82, 2.24) is 14.0 Å². The molecule has 2 aromatic heterocycles. The summed E-state index contributed by atoms with van der Waals surface area (Å²) >= 11 is 6.14. The molecule has 0 aliphatic rings. The van der Waals surface area contributed by atoms with Gasteiger partial charge in [0.2, 0.25) is 11.7 Å². The van der Waals surface area contributed by atoms with Crippen LogP contribution in [0.15, 0.2) is 83.7 Å². The maximum absolute atomic E-state index is 13.1. The van der Waals surface area contributed by atoms with E-state index in [9.17, 15) is 9.59 Å². The Labute approximate surface area is 188 Å². The van der Waals surface area contributed by atoms with Crippen LogP contribution in [0.4, 0.5) is 5.69 Å². The summed E-state index contributed by atoms with van der Waals surface area (Å²) < 4.78 is 3.29. The van der Waals surface area contributed by atoms with Crippen molar-refractivity contribution in [3.63, 3.8) is 0 Å². The molecule has 0 radical (unpaired) electrons. The smallest absolute Gasteiger partial charge is 0.260 e. The van der Waals surface area contributed by atoms with E-state index in [1.165, 1.54) is 10.5 Å². The molecular weight excluding hydrogens is 424 g/mol. The molecule has 5 aromatic rings. The molecule has 3 aromatic carbocycles. The number of para-hydroxylation sites is 2. The van der Waals surface area contributed by atoms with E-state index in [4.69, 9.17) is 16.6 Å². The van der Waals surface area contributed by atoms with E-state index < -0.39 is 0 Å². The molecule has 0 saturated carbocycles. The van der Waals surface area contributed by atoms with Crippen molar-refractivity contribution in [2.75, 3.05) is 5.32 Å². The van der Waals surface area contributed by atoms with E-state index in [-0.39, 0.29) is 18.0 Å². The van der Waals surface area contributed by atoms with Gasteiger partial charge in [-0.05, 0) is 48.9 Å². The number of carbonyl (C=O) groups is 1. The SMILES string of the molecule is Cc1cccc(NC(=O)Cn2c3ccccc3n3c(=O)cc(-c4cccc(Cl)c4)nc23)c1. The second-order valence-electron chi connectivity index (χ2n) is 7.62. The molecule has 0 fully saturated rings. The van der Waals surface area contributed by atoms with Gasteiger partial charge in [0.25, 0.3) is 5.56 Å². The van der Waals surface area contributed by atoms with Crippen molar-refractivity contribution in [1.29, 1.82) is 0 Å². The van der Waals surface area contributed by atoms with Gasteiger partial charge < -0.3 is 9.88 Å². The molecule has 0 aliphatic heterocycles. The summed E-state index contributed by atoms with van der Waals surface area (Å²) in [5.74, 6) is 0.189. The topological polar surface area (TPSA) is 68.4 Å². The van der Waals surface area contributed by atoms with Crippen LogP contribution in [0.25, 0.3) is 28.1 Å². The number of aryl methyl sites for hydroxylation is 1. The summed E-state index contributed by atoms with van der Waals surface area (Å²) in [5.41, 5.74) is 4.23. The van der Waals surface area contributed by atoms with Gasteiger partial charge in [-0.15, -0.1) is 0 Å². The minimum Gasteiger partial charge on any atom is -0.325 e. The second kappa shape index (κ2) is 7.98. The molecule has 0 unspecified atom stereocenters. The highest BCUT2D eigenvalue weighted by Crippen LogP contribution is 2.24. The number of imidazole rings is 1. The maximum Gasteiger partial charge on any atom is 0.260 e. The number of anilines is 1. The minimum atomic E-state index is -0.223. The van der Waals surface area contributed by atoms with E-state index in [0.717, 1.165) is 22.3 Å². The minimum absolute atomic E-state index is 0.0103. The Balaban J connectivity index is 1.64. The number of nitrogens with one attached hydrogen (secondary N) is 1. The van der Waals surface area contributed by atoms with Gasteiger partial charge in [0.05, 0.1) is 16.7 Å². The van der Waals surface area contributed by atoms with Gasteiger partial charge in [0.1, 0.15) is 6.54 Å². The van der Waals surface area contributed by atoms with Crippen LogP contribution in [0.3, 0.4) is 0 Å². The molecule has 7 heteroatoms. The molecule has 32 heavy (non-hydrogen) atoms. The first-order valence-electron chi connectivity index (χ1n) is 10.1. The Bertz CT molecular complexity index is 1550. The Morgan fingerprint density at radius 1 is 0.969 bits per heavy atom. The van der Waals surface area contributed by atoms with Gasteiger partial charge in [-0.3, -0.25) is 9.59 Å². The molecule has 0 saturated heterocycles. The summed E-state index contributed by atoms with van der Waals surface area (Å²) in [6, 6.07) is 23.7. The van der Waals surface area contributed by atoms with Gasteiger partial charge in [-0.25, -0.2) is 9.38 Å². The number of aromatic nitrogens is 3. The molecule has 0 spiro atoms. The third-order valence-corrected chi connectivity index (χ3v) is 5.51. The zero-order chi connectivity index (χ0) is 22.2. The molecular formula is C25H19ClN4O2. The highest BCUT2D eigenvalue weighted by atomic mass is 35.5. The molecule has 0 bridgehead atoms. The Kier molecular flexibility index (Phi) is 4.99. The lowest BCUT2D eigenvalue weighted by atomic mass is 10.1. The van der Waals surface area contributed by atoms with Gasteiger partial charge in [0.15, 0.2) is 0 Å². The number of halogens is 1. The number of amides is 1. The summed E-state index contributed by atoms with van der Waals surface area (Å²) in [6.45, 7) is 1.98. The lowest BCUT2D eigenvalue weighted by Gasteiger charge is -2.09. The Hall–Kier alpha value is -3.90. The van der Waals surface area contributed by atoms with Gasteiger partial charge >= 0.3 is 0 Å². The summed E-state index contributed by atoms with van der Waals surface area (Å²) in [4.78, 5) is 30.7. The van der Waals surface area contributed by atoms with Crippen molar-refractivity contribution in [3.05, 3.63) is 99.8 Å². The maximum atomic E-state index is 13.1. The van der Waals surface area contributed by atoms with Crippen LogP contribution in [0.2, 0.25) is 5.02 Å². The highest BCUT2D eigenvalue weighted by molar-refractivity contribution is 6.30. The van der Waals surface area contributed by atoms with Crippen LogP contribution in [-0.4, -0.2) is 19.9 Å². The lowest BCUT2D eigenvalue weighted by molar-refractivity contribution is -0.116. The number of hydrogen-bond donors (Lipinski definition) is 1. The number of nitrogens with zero attached hydrogens (tertiary/aromatic N) is 3. The van der Waals surface area contributed by atoms with Crippen molar-refractivity contribution in [3.8, 4) is 11.3 Å². The molecule has 2 heterocycles. The first-order valence-corrected chi connectivity index (χ1v) is 10.5. The number of carbonyl (C=O) groups excluding carboxylic acids is 1. The van der Waals surface area contributed by atoms with Crippen LogP contribution in [-0.2, 0) is 11.3 Å². The molecule has 1 N–H and O–H groups in total. The van der Waals surface area contributed by atoms with E-state index in [2.05, 4.69) is 5.32 Å². The monoisotopic (exact) mass is 442 g/mol. The summed E-state index contributed by atoms with van der Waals surface area (Å²) in [6.07, 6.45) is 0. The largest absolute Gasteiger partial charge is 0.325 e. The number of hydrogen-bond acceptors (Lipinski definition) is 3. The average molecular weight is 443 g/mol. The lowest BCUT2D eigenvalue weighted by Crippen LogP contribution is -2.20. The van der Waals surface area contributed by atoms with Crippen molar-refractivity contribution in [2.24, 2.45) is 0 Å². The molecule has 0 aliphatic carbocycles. The third kappa shape index (κ3) is 3.65. The van der Waals surface area contributed by atoms with Gasteiger partial charge in [-0.2, -0.15) is 0 Å². The van der Waals surface area contributed by atoms with Gasteiger partial charge in [-0.1, -0.05) is 48.0 Å². The molecule has 6 nitrogen and oxygen atoms in total. The average Bonchev–Trinajstić information content (AvgIpc) is 3.08. The number of fused-ring (bicyclic) bond motifs is 3. The van der Waals surface area contributed by atoms with E-state index in [0.29, 0.717) is 22.0 Å². The number of benzene rings is 3. The Morgan fingerprint density at radius 2 is 1.75 bits per heavy atom. The van der Waals surface area contributed by atoms with Crippen LogP contribution in [0, 0.1) is 6.92 Å². The van der Waals surface area contributed by atoms with Crippen molar-refractivity contribution >= 4 is 40.0 Å². The quantitative estimate of drug-likeness (QED) is 0.429. The van der Waals surface area contributed by atoms with Crippen molar-refractivity contribution < 1.29 is 4.79 Å². The fourth-order valence-electron chi connectivity index (χ4n) is 3.89. The van der Waals surface area contributed by atoms with E-state index in [1.54, 1.807) is 16.7 Å². The third-order valence-electron chi connectivity index (χ3n) is 5.28. The molecule has 0 atom stereocenters. The fourth-order valence-corrected chi connectivity index (χ4v) is 4.08. The van der Waals surface area contributed by atoms with E-state index in [1.807, 2.05) is 67.6 Å². The summed E-state index contributed by atoms with van der Waals surface area (Å²) in [5, 5.41) is 3.48. The number of rotatable bonds is 4. The highest BCUT2D eigenvalue weighted by Gasteiger charge is 2.17. The first-order chi connectivity index (χ1) is 15.5. The zero-order valence-electron chi connectivity index (χ0n) is 17.2. The van der Waals surface area contributed by atoms with Crippen LogP contribution in [0.1, 0.15) is 5.56 Å². The van der Waals surface area contributed by atoms with Crippen LogP contribution >= 0.6 is 11.6 Å². The van der Waals surface area contributed by atoms with Gasteiger partial charge in [0, 0.05) is 22.3 Å². The first kappa shape index (κ1) is 20.0. The fraction of sp³-hybridized carbons (Fsp3) is 0.0800. The zero-order valence-corrected chi connectivity index (χ0v) is 18.0. The predicted octanol–water partition coefficient (Wildman–Crippen LogP) is 4.92. The van der Waals surface area contributed by atoms with Crippen LogP contribution < -0.4 is 10.9 Å². The van der Waals surface area contributed by atoms with E-state index >= 15 is 0 Å². The Morgan fingerprint density at radius 3 is 2.53 bits per heavy atom. The summed E-state index contributed by atoms with van der Waals surface area (Å²) in [7, 11) is 0. The normalized spacial score (nSPS) is 11.2. The molecule has 5 rings (SSSR count). The predicted molar refractivity (Wildman–Crippen MR) is 127 cm³/mol. The van der Waals surface area contributed by atoms with Crippen LogP contribution in [0.5, 0.6) is 0 Å². The standard InChI is InChI=1S/C25H19ClN4O2/c1-16-6-4-9-19(12-16)27-23(31)15-29-21-10-2-3-11-22(21)30-24(32)14-20(28-25(29)30)17-7-5-8-18(26)13-17/h2-14H,15H2,1H3,(H,27,31).